The first-order chi connectivity index (χ1) is 7.78. The molecule has 1 atom stereocenters. The molecule has 1 N–H and O–H groups in total. The average molecular weight is 219 g/mol. The minimum Gasteiger partial charge on any atom is -0.486 e. The Kier molecular flexibility index (Phi) is 2.28. The fraction of sp³-hybridized carbons (Fsp3) is 0.538. The molecule has 0 aromatic heterocycles. The van der Waals surface area contributed by atoms with Gasteiger partial charge in [-0.15, -0.1) is 0 Å². The van der Waals surface area contributed by atoms with E-state index >= 15 is 0 Å². The highest BCUT2D eigenvalue weighted by Gasteiger charge is 2.31. The smallest absolute Gasteiger partial charge is 0.161 e. The van der Waals surface area contributed by atoms with Crippen LogP contribution in [0.15, 0.2) is 18.2 Å². The van der Waals surface area contributed by atoms with Crippen LogP contribution in [0.2, 0.25) is 0 Å². The van der Waals surface area contributed by atoms with Crippen molar-refractivity contribution >= 4 is 0 Å². The first-order valence-corrected chi connectivity index (χ1v) is 5.89. The van der Waals surface area contributed by atoms with E-state index in [0.717, 1.165) is 24.6 Å². The van der Waals surface area contributed by atoms with E-state index in [1.807, 2.05) is 6.07 Å². The van der Waals surface area contributed by atoms with Gasteiger partial charge in [0.2, 0.25) is 0 Å². The minimum absolute atomic E-state index is 0.246. The lowest BCUT2D eigenvalue weighted by Crippen LogP contribution is -2.25. The zero-order valence-corrected chi connectivity index (χ0v) is 9.58. The van der Waals surface area contributed by atoms with Gasteiger partial charge >= 0.3 is 0 Å². The molecule has 1 fully saturated rings. The summed E-state index contributed by atoms with van der Waals surface area (Å²) in [6, 6.07) is 6.34. The number of hydrogen-bond acceptors (Lipinski definition) is 3. The van der Waals surface area contributed by atoms with Gasteiger partial charge in [-0.3, -0.25) is 0 Å². The topological polar surface area (TPSA) is 30.5 Å². The normalized spacial score (nSPS) is 28.1. The Labute approximate surface area is 95.8 Å². The highest BCUT2D eigenvalue weighted by atomic mass is 16.6. The molecule has 3 heteroatoms. The van der Waals surface area contributed by atoms with Gasteiger partial charge in [0.05, 0.1) is 0 Å². The van der Waals surface area contributed by atoms with Crippen LogP contribution in [0.5, 0.6) is 11.5 Å². The molecule has 2 heterocycles. The van der Waals surface area contributed by atoms with Crippen LogP contribution in [0.3, 0.4) is 0 Å². The maximum atomic E-state index is 5.62. The van der Waals surface area contributed by atoms with Crippen LogP contribution < -0.4 is 14.8 Å². The predicted molar refractivity (Wildman–Crippen MR) is 62.3 cm³/mol. The summed E-state index contributed by atoms with van der Waals surface area (Å²) in [4.78, 5) is 0. The highest BCUT2D eigenvalue weighted by molar-refractivity contribution is 5.46. The van der Waals surface area contributed by atoms with Crippen LogP contribution in [0.4, 0.5) is 0 Å². The lowest BCUT2D eigenvalue weighted by molar-refractivity contribution is 0.171. The summed E-state index contributed by atoms with van der Waals surface area (Å²) in [6.45, 7) is 5.77. The van der Waals surface area contributed by atoms with E-state index in [1.54, 1.807) is 0 Å². The largest absolute Gasteiger partial charge is 0.486 e. The van der Waals surface area contributed by atoms with Crippen molar-refractivity contribution in [1.82, 2.24) is 5.32 Å². The van der Waals surface area contributed by atoms with Crippen LogP contribution in [-0.2, 0) is 5.41 Å². The number of hydrogen-bond donors (Lipinski definition) is 1. The van der Waals surface area contributed by atoms with Gasteiger partial charge in [0.15, 0.2) is 11.5 Å². The molecule has 86 valence electrons. The predicted octanol–water partition coefficient (Wildman–Crippen LogP) is 1.71. The number of benzene rings is 1. The standard InChI is InChI=1S/C13H17NO2/c1-13(4-5-14-9-13)10-2-3-11-12(8-10)16-7-6-15-11/h2-3,8,14H,4-7,9H2,1H3. The Morgan fingerprint density at radius 3 is 2.75 bits per heavy atom. The SMILES string of the molecule is CC1(c2ccc3c(c2)OCCO3)CCNC1. The Morgan fingerprint density at radius 1 is 1.19 bits per heavy atom. The molecule has 0 bridgehead atoms. The zero-order valence-electron chi connectivity index (χ0n) is 9.58. The molecular weight excluding hydrogens is 202 g/mol. The molecule has 1 aromatic carbocycles. The minimum atomic E-state index is 0.246. The molecule has 1 aromatic rings. The number of rotatable bonds is 1. The summed E-state index contributed by atoms with van der Waals surface area (Å²) >= 11 is 0. The van der Waals surface area contributed by atoms with Crippen molar-refractivity contribution < 1.29 is 9.47 Å². The molecule has 3 nitrogen and oxygen atoms in total. The molecule has 0 aliphatic carbocycles. The summed E-state index contributed by atoms with van der Waals surface area (Å²) in [5, 5.41) is 3.42. The third-order valence-corrected chi connectivity index (χ3v) is 3.61. The van der Waals surface area contributed by atoms with E-state index in [2.05, 4.69) is 24.4 Å². The van der Waals surface area contributed by atoms with Gasteiger partial charge in [-0.25, -0.2) is 0 Å². The molecule has 16 heavy (non-hydrogen) atoms. The lowest BCUT2D eigenvalue weighted by Gasteiger charge is -2.26. The van der Waals surface area contributed by atoms with Crippen molar-refractivity contribution in [3.8, 4) is 11.5 Å². The summed E-state index contributed by atoms with van der Waals surface area (Å²) in [7, 11) is 0. The third-order valence-electron chi connectivity index (χ3n) is 3.61. The van der Waals surface area contributed by atoms with Crippen molar-refractivity contribution in [2.45, 2.75) is 18.8 Å². The third kappa shape index (κ3) is 1.55. The Hall–Kier alpha value is -1.22. The zero-order chi connectivity index (χ0) is 11.0. The number of nitrogens with one attached hydrogen (secondary N) is 1. The van der Waals surface area contributed by atoms with Crippen LogP contribution >= 0.6 is 0 Å². The van der Waals surface area contributed by atoms with Crippen LogP contribution in [0.1, 0.15) is 18.9 Å². The van der Waals surface area contributed by atoms with E-state index < -0.39 is 0 Å². The van der Waals surface area contributed by atoms with Crippen LogP contribution in [-0.4, -0.2) is 26.3 Å². The quantitative estimate of drug-likeness (QED) is 0.780. The summed E-state index contributed by atoms with van der Waals surface area (Å²) in [6.07, 6.45) is 1.19. The van der Waals surface area contributed by atoms with Crippen molar-refractivity contribution in [2.75, 3.05) is 26.3 Å². The van der Waals surface area contributed by atoms with Gasteiger partial charge in [0.1, 0.15) is 13.2 Å². The summed E-state index contributed by atoms with van der Waals surface area (Å²) in [5.74, 6) is 1.78. The Bertz CT molecular complexity index is 397. The van der Waals surface area contributed by atoms with Crippen LogP contribution in [0, 0.1) is 0 Å². The number of ether oxygens (including phenoxy) is 2. The molecule has 0 spiro atoms. The Balaban J connectivity index is 1.96. The molecule has 1 saturated heterocycles. The molecule has 2 aliphatic rings. The van der Waals surface area contributed by atoms with E-state index in [9.17, 15) is 0 Å². The molecule has 1 unspecified atom stereocenters. The molecule has 2 aliphatic heterocycles. The Morgan fingerprint density at radius 2 is 2.00 bits per heavy atom. The number of fused-ring (bicyclic) bond motifs is 1. The van der Waals surface area contributed by atoms with Crippen LogP contribution in [0.25, 0.3) is 0 Å². The average Bonchev–Trinajstić information content (AvgIpc) is 2.77. The van der Waals surface area contributed by atoms with E-state index in [-0.39, 0.29) is 5.41 Å². The molecular formula is C13H17NO2. The maximum Gasteiger partial charge on any atom is 0.161 e. The second-order valence-corrected chi connectivity index (χ2v) is 4.85. The summed E-state index contributed by atoms with van der Waals surface area (Å²) in [5.41, 5.74) is 1.59. The van der Waals surface area contributed by atoms with Gasteiger partial charge in [0.25, 0.3) is 0 Å². The first kappa shape index (κ1) is 9.97. The van der Waals surface area contributed by atoms with Crippen molar-refractivity contribution in [1.29, 1.82) is 0 Å². The molecule has 3 rings (SSSR count). The lowest BCUT2D eigenvalue weighted by atomic mass is 9.82. The van der Waals surface area contributed by atoms with Crippen molar-refractivity contribution in [3.05, 3.63) is 23.8 Å². The molecule has 0 radical (unpaired) electrons. The fourth-order valence-electron chi connectivity index (χ4n) is 2.48. The molecule has 0 saturated carbocycles. The highest BCUT2D eigenvalue weighted by Crippen LogP contribution is 2.37. The first-order valence-electron chi connectivity index (χ1n) is 5.89. The maximum absolute atomic E-state index is 5.62. The second-order valence-electron chi connectivity index (χ2n) is 4.85. The van der Waals surface area contributed by atoms with Crippen molar-refractivity contribution in [2.24, 2.45) is 0 Å². The van der Waals surface area contributed by atoms with Gasteiger partial charge in [-0.2, -0.15) is 0 Å². The fourth-order valence-corrected chi connectivity index (χ4v) is 2.48. The van der Waals surface area contributed by atoms with E-state index in [1.165, 1.54) is 12.0 Å². The summed E-state index contributed by atoms with van der Waals surface area (Å²) < 4.78 is 11.2. The van der Waals surface area contributed by atoms with Gasteiger partial charge < -0.3 is 14.8 Å². The van der Waals surface area contributed by atoms with E-state index in [4.69, 9.17) is 9.47 Å². The monoisotopic (exact) mass is 219 g/mol. The van der Waals surface area contributed by atoms with Gasteiger partial charge in [0, 0.05) is 12.0 Å². The van der Waals surface area contributed by atoms with Gasteiger partial charge in [-0.05, 0) is 30.7 Å². The van der Waals surface area contributed by atoms with Gasteiger partial charge in [-0.1, -0.05) is 13.0 Å². The van der Waals surface area contributed by atoms with Crippen molar-refractivity contribution in [3.63, 3.8) is 0 Å². The van der Waals surface area contributed by atoms with E-state index in [0.29, 0.717) is 13.2 Å². The molecule has 0 amide bonds. The second kappa shape index (κ2) is 3.67.